The van der Waals surface area contributed by atoms with E-state index in [4.69, 9.17) is 0 Å². The second kappa shape index (κ2) is 7.67. The van der Waals surface area contributed by atoms with Gasteiger partial charge in [-0.25, -0.2) is 0 Å². The van der Waals surface area contributed by atoms with Gasteiger partial charge in [0.15, 0.2) is 0 Å². The van der Waals surface area contributed by atoms with Crippen molar-refractivity contribution in [1.29, 1.82) is 0 Å². The monoisotopic (exact) mass is 267 g/mol. The van der Waals surface area contributed by atoms with E-state index in [1.807, 2.05) is 0 Å². The summed E-state index contributed by atoms with van der Waals surface area (Å²) in [6.45, 7) is 15.6. The Morgan fingerprint density at radius 2 is 1.89 bits per heavy atom. The highest BCUT2D eigenvalue weighted by atomic mass is 14.9. The summed E-state index contributed by atoms with van der Waals surface area (Å²) in [5, 5.41) is 3.85. The smallest absolute Gasteiger partial charge is 0.0103 e. The summed E-state index contributed by atoms with van der Waals surface area (Å²) in [4.78, 5) is 0. The maximum Gasteiger partial charge on any atom is 0.0103 e. The topological polar surface area (TPSA) is 12.0 Å². The van der Waals surface area contributed by atoms with E-state index in [0.29, 0.717) is 5.41 Å². The second-order valence-corrected chi connectivity index (χ2v) is 8.01. The Bertz CT molecular complexity index is 244. The maximum absolute atomic E-state index is 3.85. The van der Waals surface area contributed by atoms with Crippen molar-refractivity contribution < 1.29 is 0 Å². The van der Waals surface area contributed by atoms with E-state index < -0.39 is 0 Å². The van der Waals surface area contributed by atoms with Crippen molar-refractivity contribution in [2.75, 3.05) is 6.54 Å². The van der Waals surface area contributed by atoms with Crippen molar-refractivity contribution in [2.24, 2.45) is 23.2 Å². The molecule has 0 aromatic carbocycles. The van der Waals surface area contributed by atoms with Crippen molar-refractivity contribution in [3.05, 3.63) is 0 Å². The second-order valence-electron chi connectivity index (χ2n) is 8.01. The van der Waals surface area contributed by atoms with Crippen LogP contribution in [-0.4, -0.2) is 12.6 Å². The van der Waals surface area contributed by atoms with Crippen molar-refractivity contribution in [2.45, 2.75) is 86.1 Å². The molecule has 1 aliphatic rings. The van der Waals surface area contributed by atoms with Gasteiger partial charge >= 0.3 is 0 Å². The molecule has 114 valence electrons. The highest BCUT2D eigenvalue weighted by Crippen LogP contribution is 2.43. The third kappa shape index (κ3) is 5.45. The molecule has 1 fully saturated rings. The Kier molecular flexibility index (Phi) is 6.86. The van der Waals surface area contributed by atoms with Gasteiger partial charge in [-0.05, 0) is 55.4 Å². The Morgan fingerprint density at radius 1 is 1.21 bits per heavy atom. The summed E-state index contributed by atoms with van der Waals surface area (Å²) < 4.78 is 0. The molecule has 0 bridgehead atoms. The van der Waals surface area contributed by atoms with Crippen LogP contribution < -0.4 is 5.32 Å². The summed E-state index contributed by atoms with van der Waals surface area (Å²) in [5.74, 6) is 2.62. The predicted octanol–water partition coefficient (Wildman–Crippen LogP) is 5.25. The van der Waals surface area contributed by atoms with E-state index in [1.165, 1.54) is 45.1 Å². The summed E-state index contributed by atoms with van der Waals surface area (Å²) in [7, 11) is 0. The van der Waals surface area contributed by atoms with Crippen molar-refractivity contribution in [1.82, 2.24) is 5.32 Å². The van der Waals surface area contributed by atoms with Crippen LogP contribution in [0.1, 0.15) is 80.1 Å². The number of hydrogen-bond acceptors (Lipinski definition) is 1. The first kappa shape index (κ1) is 17.0. The molecule has 1 saturated carbocycles. The van der Waals surface area contributed by atoms with Crippen LogP contribution in [0.15, 0.2) is 0 Å². The lowest BCUT2D eigenvalue weighted by Crippen LogP contribution is -2.47. The van der Waals surface area contributed by atoms with Crippen LogP contribution in [0.4, 0.5) is 0 Å². The molecule has 1 N–H and O–H groups in total. The minimum absolute atomic E-state index is 0.496. The third-order valence-corrected chi connectivity index (χ3v) is 5.14. The van der Waals surface area contributed by atoms with Gasteiger partial charge in [-0.15, -0.1) is 0 Å². The average molecular weight is 268 g/mol. The number of nitrogens with one attached hydrogen (secondary N) is 1. The van der Waals surface area contributed by atoms with Gasteiger partial charge < -0.3 is 5.32 Å². The molecular weight excluding hydrogens is 230 g/mol. The zero-order valence-corrected chi connectivity index (χ0v) is 14.3. The number of hydrogen-bond donors (Lipinski definition) is 1. The Morgan fingerprint density at radius 3 is 2.47 bits per heavy atom. The van der Waals surface area contributed by atoms with Crippen LogP contribution >= 0.6 is 0 Å². The summed E-state index contributed by atoms with van der Waals surface area (Å²) >= 11 is 0. The van der Waals surface area contributed by atoms with Crippen LogP contribution in [0.3, 0.4) is 0 Å². The molecule has 0 radical (unpaired) electrons. The normalized spacial score (nSPS) is 28.9. The van der Waals surface area contributed by atoms with Gasteiger partial charge in [0.1, 0.15) is 0 Å². The van der Waals surface area contributed by atoms with E-state index in [0.717, 1.165) is 23.8 Å². The molecule has 0 aromatic rings. The van der Waals surface area contributed by atoms with Crippen LogP contribution in [0, 0.1) is 23.2 Å². The van der Waals surface area contributed by atoms with E-state index in [2.05, 4.69) is 46.9 Å². The summed E-state index contributed by atoms with van der Waals surface area (Å²) in [6.07, 6.45) is 8.25. The standard InChI is InChI=1S/C18H37N/c1-7-12-19-17-13-15(4)8-9-16(17)18(5,6)11-10-14(2)3/h14-17,19H,7-13H2,1-6H3. The predicted molar refractivity (Wildman–Crippen MR) is 86.4 cm³/mol. The molecule has 1 rings (SSSR count). The molecular formula is C18H37N. The van der Waals surface area contributed by atoms with Gasteiger partial charge in [0.25, 0.3) is 0 Å². The first-order chi connectivity index (χ1) is 8.86. The van der Waals surface area contributed by atoms with Gasteiger partial charge in [-0.1, -0.05) is 54.4 Å². The minimum Gasteiger partial charge on any atom is -0.314 e. The van der Waals surface area contributed by atoms with Gasteiger partial charge in [0, 0.05) is 6.04 Å². The minimum atomic E-state index is 0.496. The first-order valence-corrected chi connectivity index (χ1v) is 8.60. The van der Waals surface area contributed by atoms with Crippen LogP contribution in [-0.2, 0) is 0 Å². The molecule has 0 spiro atoms. The molecule has 0 aromatic heterocycles. The van der Waals surface area contributed by atoms with Gasteiger partial charge in [0.2, 0.25) is 0 Å². The highest BCUT2D eigenvalue weighted by Gasteiger charge is 2.38. The lowest BCUT2D eigenvalue weighted by atomic mass is 9.64. The quantitative estimate of drug-likeness (QED) is 0.664. The molecule has 19 heavy (non-hydrogen) atoms. The fraction of sp³-hybridized carbons (Fsp3) is 1.00. The Hall–Kier alpha value is -0.0400. The van der Waals surface area contributed by atoms with Crippen molar-refractivity contribution in [3.63, 3.8) is 0 Å². The summed E-state index contributed by atoms with van der Waals surface area (Å²) in [6, 6.07) is 0.755. The average Bonchev–Trinajstić information content (AvgIpc) is 2.34. The van der Waals surface area contributed by atoms with Crippen molar-refractivity contribution in [3.8, 4) is 0 Å². The van der Waals surface area contributed by atoms with Crippen LogP contribution in [0.2, 0.25) is 0 Å². The first-order valence-electron chi connectivity index (χ1n) is 8.60. The van der Waals surface area contributed by atoms with Gasteiger partial charge in [-0.3, -0.25) is 0 Å². The lowest BCUT2D eigenvalue weighted by molar-refractivity contribution is 0.0819. The van der Waals surface area contributed by atoms with E-state index in [-0.39, 0.29) is 0 Å². The fourth-order valence-corrected chi connectivity index (χ4v) is 3.72. The molecule has 0 aliphatic heterocycles. The molecule has 0 heterocycles. The molecule has 1 aliphatic carbocycles. The largest absolute Gasteiger partial charge is 0.314 e. The molecule has 1 nitrogen and oxygen atoms in total. The van der Waals surface area contributed by atoms with Crippen molar-refractivity contribution >= 4 is 0 Å². The fourth-order valence-electron chi connectivity index (χ4n) is 3.72. The zero-order valence-electron chi connectivity index (χ0n) is 14.3. The molecule has 3 unspecified atom stereocenters. The SMILES string of the molecule is CCCNC1CC(C)CCC1C(C)(C)CCC(C)C. The van der Waals surface area contributed by atoms with Crippen LogP contribution in [0.5, 0.6) is 0 Å². The maximum atomic E-state index is 3.85. The van der Waals surface area contributed by atoms with E-state index in [9.17, 15) is 0 Å². The molecule has 0 saturated heterocycles. The lowest BCUT2D eigenvalue weighted by Gasteiger charge is -2.45. The van der Waals surface area contributed by atoms with Gasteiger partial charge in [0.05, 0.1) is 0 Å². The number of rotatable bonds is 7. The molecule has 1 heteroatoms. The molecule has 0 amide bonds. The summed E-state index contributed by atoms with van der Waals surface area (Å²) in [5.41, 5.74) is 0.496. The molecule has 3 atom stereocenters. The van der Waals surface area contributed by atoms with Crippen LogP contribution in [0.25, 0.3) is 0 Å². The van der Waals surface area contributed by atoms with E-state index in [1.54, 1.807) is 0 Å². The highest BCUT2D eigenvalue weighted by molar-refractivity contribution is 4.92. The Labute approximate surface area is 121 Å². The van der Waals surface area contributed by atoms with Gasteiger partial charge in [-0.2, -0.15) is 0 Å². The third-order valence-electron chi connectivity index (χ3n) is 5.14. The zero-order chi connectivity index (χ0) is 14.5. The Balaban J connectivity index is 2.63. The van der Waals surface area contributed by atoms with E-state index >= 15 is 0 Å².